The number of nitrogens with two attached hydrogens (primary N) is 1. The van der Waals surface area contributed by atoms with Gasteiger partial charge in [0.05, 0.1) is 0 Å². The number of rotatable bonds is 6. The molecule has 0 spiro atoms. The van der Waals surface area contributed by atoms with Crippen molar-refractivity contribution in [3.63, 3.8) is 0 Å². The number of hydrogen-bond acceptors (Lipinski definition) is 6. The second-order valence-corrected chi connectivity index (χ2v) is 9.80. The first kappa shape index (κ1) is 26.2. The minimum Gasteiger partial charge on any atom is -0.487 e. The molecule has 2 aromatic rings. The average Bonchev–Trinajstić information content (AvgIpc) is 3.18. The van der Waals surface area contributed by atoms with Gasteiger partial charge in [-0.2, -0.15) is 4.99 Å². The summed E-state index contributed by atoms with van der Waals surface area (Å²) in [4.78, 5) is 33.4. The number of ether oxygens (including phenoxy) is 2. The number of benzene rings is 2. The summed E-state index contributed by atoms with van der Waals surface area (Å²) in [5.41, 5.74) is 6.42. The van der Waals surface area contributed by atoms with Gasteiger partial charge in [0.1, 0.15) is 22.9 Å². The van der Waals surface area contributed by atoms with Crippen LogP contribution >= 0.6 is 0 Å². The van der Waals surface area contributed by atoms with Crippen molar-refractivity contribution in [3.8, 4) is 17.2 Å². The van der Waals surface area contributed by atoms with Crippen LogP contribution in [0.3, 0.4) is 0 Å². The molecule has 1 saturated heterocycles. The molecule has 0 bridgehead atoms. The van der Waals surface area contributed by atoms with Gasteiger partial charge >= 0.3 is 0 Å². The summed E-state index contributed by atoms with van der Waals surface area (Å²) >= 11 is 0. The Morgan fingerprint density at radius 2 is 1.86 bits per heavy atom. The molecule has 2 aliphatic rings. The Bertz CT molecular complexity index is 1270. The predicted octanol–water partition coefficient (Wildman–Crippen LogP) is 2.95. The molecule has 2 heterocycles. The number of hydrogen-bond donors (Lipinski definition) is 2. The van der Waals surface area contributed by atoms with Gasteiger partial charge < -0.3 is 30.3 Å². The Morgan fingerprint density at radius 3 is 2.54 bits per heavy atom. The molecule has 196 valence electrons. The van der Waals surface area contributed by atoms with Gasteiger partial charge in [-0.15, -0.1) is 0 Å². The van der Waals surface area contributed by atoms with Crippen LogP contribution < -0.4 is 20.5 Å². The van der Waals surface area contributed by atoms with E-state index in [1.807, 2.05) is 20.9 Å². The molecule has 0 saturated carbocycles. The summed E-state index contributed by atoms with van der Waals surface area (Å²) in [6, 6.07) is 7.26. The highest BCUT2D eigenvalue weighted by atomic mass is 19.1. The van der Waals surface area contributed by atoms with Crippen molar-refractivity contribution in [1.29, 1.82) is 0 Å². The van der Waals surface area contributed by atoms with Crippen molar-refractivity contribution in [2.75, 3.05) is 40.3 Å². The molecular weight excluding hydrogens is 477 g/mol. The summed E-state index contributed by atoms with van der Waals surface area (Å²) < 4.78 is 27.1. The molecule has 0 aromatic heterocycles. The van der Waals surface area contributed by atoms with Crippen LogP contribution in [0.25, 0.3) is 0 Å². The van der Waals surface area contributed by atoms with Crippen molar-refractivity contribution >= 4 is 17.6 Å². The fourth-order valence-electron chi connectivity index (χ4n) is 4.27. The van der Waals surface area contributed by atoms with Gasteiger partial charge in [-0.25, -0.2) is 4.39 Å². The van der Waals surface area contributed by atoms with E-state index in [0.29, 0.717) is 30.8 Å². The number of fused-ring (bicyclic) bond motifs is 1. The van der Waals surface area contributed by atoms with Crippen LogP contribution in [-0.2, 0) is 6.42 Å². The van der Waals surface area contributed by atoms with Gasteiger partial charge in [-0.3, -0.25) is 9.59 Å². The molecule has 4 rings (SSSR count). The first-order valence-corrected chi connectivity index (χ1v) is 12.1. The van der Waals surface area contributed by atoms with E-state index in [2.05, 4.69) is 15.2 Å². The van der Waals surface area contributed by atoms with Gasteiger partial charge in [-0.1, -0.05) is 0 Å². The Kier molecular flexibility index (Phi) is 7.49. The number of carbonyl (C=O) groups excluding carboxylic acids is 2. The molecule has 3 N–H and O–H groups in total. The normalized spacial score (nSPS) is 17.4. The molecule has 10 heteroatoms. The van der Waals surface area contributed by atoms with Crippen molar-refractivity contribution in [2.24, 2.45) is 10.7 Å². The lowest BCUT2D eigenvalue weighted by molar-refractivity contribution is 0.0663. The van der Waals surface area contributed by atoms with Crippen LogP contribution in [-0.4, -0.2) is 73.3 Å². The Morgan fingerprint density at radius 1 is 1.14 bits per heavy atom. The van der Waals surface area contributed by atoms with Crippen molar-refractivity contribution in [2.45, 2.75) is 25.9 Å². The number of amides is 2. The van der Waals surface area contributed by atoms with Crippen LogP contribution in [0.2, 0.25) is 0 Å². The van der Waals surface area contributed by atoms with Gasteiger partial charge in [0.25, 0.3) is 11.8 Å². The topological polar surface area (TPSA) is 109 Å². The van der Waals surface area contributed by atoms with E-state index in [4.69, 9.17) is 15.2 Å². The third kappa shape index (κ3) is 6.08. The summed E-state index contributed by atoms with van der Waals surface area (Å²) in [6.07, 6.45) is 3.52. The maximum absolute atomic E-state index is 15.1. The minimum absolute atomic E-state index is 0.0233. The lowest BCUT2D eigenvalue weighted by atomic mass is 9.99. The van der Waals surface area contributed by atoms with E-state index in [0.717, 1.165) is 13.1 Å². The highest BCUT2D eigenvalue weighted by Crippen LogP contribution is 2.43. The van der Waals surface area contributed by atoms with Gasteiger partial charge in [-0.05, 0) is 63.5 Å². The summed E-state index contributed by atoms with van der Waals surface area (Å²) in [7, 11) is 3.70. The Labute approximate surface area is 215 Å². The SMILES string of the molecule is CN/C=C\C(N)=NC(=O)c1cc(Oc2ccc(C(=O)N3CCN(C)CC3)cc2F)c2c(c1)OC(C)(C)C2. The predicted molar refractivity (Wildman–Crippen MR) is 139 cm³/mol. The maximum atomic E-state index is 15.1. The van der Waals surface area contributed by atoms with Crippen molar-refractivity contribution in [3.05, 3.63) is 65.1 Å². The van der Waals surface area contributed by atoms with E-state index >= 15 is 4.39 Å². The van der Waals surface area contributed by atoms with Crippen LogP contribution in [0.15, 0.2) is 47.6 Å². The zero-order valence-corrected chi connectivity index (χ0v) is 21.5. The standard InChI is InChI=1S/C27H32FN5O4/c1-27(2)16-19-22(14-18(15-23(19)37-27)25(34)31-24(29)7-8-30-3)36-21-6-5-17(13-20(21)28)26(35)33-11-9-32(4)10-12-33/h5-8,13-15,30H,9-12,16H2,1-4H3,(H2,29,31,34)/b8-7-. The molecule has 2 aromatic carbocycles. The monoisotopic (exact) mass is 509 g/mol. The third-order valence-corrected chi connectivity index (χ3v) is 6.24. The second kappa shape index (κ2) is 10.6. The van der Waals surface area contributed by atoms with Crippen LogP contribution in [0.4, 0.5) is 4.39 Å². The van der Waals surface area contributed by atoms with E-state index in [1.165, 1.54) is 24.3 Å². The van der Waals surface area contributed by atoms with Gasteiger partial charge in [0, 0.05) is 56.3 Å². The second-order valence-electron chi connectivity index (χ2n) is 9.80. The van der Waals surface area contributed by atoms with Crippen LogP contribution in [0.1, 0.15) is 40.1 Å². The van der Waals surface area contributed by atoms with Crippen LogP contribution in [0.5, 0.6) is 17.2 Å². The molecule has 0 radical (unpaired) electrons. The number of likely N-dealkylation sites (N-methyl/N-ethyl adjacent to an activating group) is 1. The van der Waals surface area contributed by atoms with Gasteiger partial charge in [0.15, 0.2) is 11.6 Å². The fraction of sp³-hybridized carbons (Fsp3) is 0.370. The molecule has 2 aliphatic heterocycles. The summed E-state index contributed by atoms with van der Waals surface area (Å²) in [6.45, 7) is 6.56. The van der Waals surface area contributed by atoms with Crippen molar-refractivity contribution < 1.29 is 23.5 Å². The fourth-order valence-corrected chi connectivity index (χ4v) is 4.27. The molecular formula is C27H32FN5O4. The molecule has 1 fully saturated rings. The van der Waals surface area contributed by atoms with Crippen LogP contribution in [0, 0.1) is 5.82 Å². The number of piperazine rings is 1. The smallest absolute Gasteiger partial charge is 0.279 e. The molecule has 9 nitrogen and oxygen atoms in total. The average molecular weight is 510 g/mol. The number of amidine groups is 1. The zero-order chi connectivity index (χ0) is 26.7. The molecule has 37 heavy (non-hydrogen) atoms. The van der Waals surface area contributed by atoms with E-state index in [1.54, 1.807) is 30.3 Å². The Balaban J connectivity index is 1.61. The molecule has 2 amide bonds. The van der Waals surface area contributed by atoms with E-state index in [9.17, 15) is 9.59 Å². The molecule has 0 aliphatic carbocycles. The minimum atomic E-state index is -0.678. The highest BCUT2D eigenvalue weighted by molar-refractivity contribution is 6.06. The summed E-state index contributed by atoms with van der Waals surface area (Å²) in [5.74, 6) is -0.779. The number of nitrogens with one attached hydrogen (secondary N) is 1. The van der Waals surface area contributed by atoms with Crippen molar-refractivity contribution in [1.82, 2.24) is 15.1 Å². The summed E-state index contributed by atoms with van der Waals surface area (Å²) in [5, 5.41) is 2.77. The number of nitrogens with zero attached hydrogens (tertiary/aromatic N) is 3. The third-order valence-electron chi connectivity index (χ3n) is 6.24. The Hall–Kier alpha value is -3.92. The first-order chi connectivity index (χ1) is 17.6. The first-order valence-electron chi connectivity index (χ1n) is 12.1. The molecule has 0 unspecified atom stereocenters. The zero-order valence-electron chi connectivity index (χ0n) is 21.5. The maximum Gasteiger partial charge on any atom is 0.279 e. The largest absolute Gasteiger partial charge is 0.487 e. The number of aliphatic imine (C=N–C) groups is 1. The number of halogens is 1. The lowest BCUT2D eigenvalue weighted by Crippen LogP contribution is -2.47. The number of carbonyl (C=O) groups is 2. The lowest BCUT2D eigenvalue weighted by Gasteiger charge is -2.32. The van der Waals surface area contributed by atoms with E-state index in [-0.39, 0.29) is 34.4 Å². The van der Waals surface area contributed by atoms with Gasteiger partial charge in [0.2, 0.25) is 0 Å². The molecule has 0 atom stereocenters. The quantitative estimate of drug-likeness (QED) is 0.455. The highest BCUT2D eigenvalue weighted by Gasteiger charge is 2.34. The van der Waals surface area contributed by atoms with E-state index < -0.39 is 17.3 Å².